The summed E-state index contributed by atoms with van der Waals surface area (Å²) in [5, 5.41) is 14.1. The molecule has 1 atom stereocenters. The van der Waals surface area contributed by atoms with Crippen LogP contribution in [0.15, 0.2) is 24.3 Å². The van der Waals surface area contributed by atoms with Gasteiger partial charge in [-0.05, 0) is 35.9 Å². The maximum atomic E-state index is 12.1. The zero-order valence-corrected chi connectivity index (χ0v) is 13.2. The van der Waals surface area contributed by atoms with Crippen LogP contribution in [0.2, 0.25) is 0 Å². The first-order chi connectivity index (χ1) is 11.0. The van der Waals surface area contributed by atoms with Crippen LogP contribution < -0.4 is 10.1 Å². The average Bonchev–Trinajstić information content (AvgIpc) is 3.14. The number of hydrogen-bond acceptors (Lipinski definition) is 7. The van der Waals surface area contributed by atoms with Crippen molar-refractivity contribution in [2.24, 2.45) is 0 Å². The molecule has 0 bridgehead atoms. The number of carbonyl (C=O) groups is 1. The largest absolute Gasteiger partial charge is 0.497 e. The van der Waals surface area contributed by atoms with Crippen molar-refractivity contribution in [2.75, 3.05) is 18.6 Å². The van der Waals surface area contributed by atoms with Crippen LogP contribution in [-0.2, 0) is 9.84 Å². The van der Waals surface area contributed by atoms with E-state index in [1.807, 2.05) is 0 Å². The molecule has 10 heteroatoms. The Morgan fingerprint density at radius 3 is 2.70 bits per heavy atom. The summed E-state index contributed by atoms with van der Waals surface area (Å²) in [7, 11) is -1.49. The Balaban J connectivity index is 1.69. The second kappa shape index (κ2) is 5.95. The molecule has 1 aromatic carbocycles. The van der Waals surface area contributed by atoms with Crippen molar-refractivity contribution in [3.05, 3.63) is 30.1 Å². The summed E-state index contributed by atoms with van der Waals surface area (Å²) in [6, 6.07) is 6.53. The first-order valence-corrected chi connectivity index (χ1v) is 8.75. The highest BCUT2D eigenvalue weighted by atomic mass is 32.2. The van der Waals surface area contributed by atoms with E-state index in [2.05, 4.69) is 20.7 Å². The molecule has 1 aromatic heterocycles. The van der Waals surface area contributed by atoms with Crippen molar-refractivity contribution in [3.63, 3.8) is 0 Å². The molecule has 0 saturated carbocycles. The highest BCUT2D eigenvalue weighted by Gasteiger charge is 2.30. The lowest BCUT2D eigenvalue weighted by Crippen LogP contribution is -2.36. The number of hydrogen-bond donors (Lipinski definition) is 1. The number of carbonyl (C=O) groups excluding carboxylic acids is 1. The van der Waals surface area contributed by atoms with Gasteiger partial charge in [-0.15, -0.1) is 15.0 Å². The topological polar surface area (TPSA) is 116 Å². The monoisotopic (exact) mass is 337 g/mol. The van der Waals surface area contributed by atoms with Gasteiger partial charge in [0.05, 0.1) is 24.3 Å². The second-order valence-electron chi connectivity index (χ2n) is 5.17. The molecular weight excluding hydrogens is 322 g/mol. The number of aromatic nitrogens is 4. The number of rotatable bonds is 4. The number of nitrogens with zero attached hydrogens (tertiary/aromatic N) is 4. The van der Waals surface area contributed by atoms with E-state index in [9.17, 15) is 13.2 Å². The van der Waals surface area contributed by atoms with Gasteiger partial charge >= 0.3 is 0 Å². The molecule has 0 spiro atoms. The smallest absolute Gasteiger partial charge is 0.293 e. The molecule has 1 saturated heterocycles. The van der Waals surface area contributed by atoms with Gasteiger partial charge in [0.1, 0.15) is 5.75 Å². The van der Waals surface area contributed by atoms with Crippen molar-refractivity contribution < 1.29 is 17.9 Å². The molecule has 1 unspecified atom stereocenters. The molecule has 1 amide bonds. The fraction of sp³-hybridized carbons (Fsp3) is 0.385. The van der Waals surface area contributed by atoms with Crippen molar-refractivity contribution in [1.29, 1.82) is 0 Å². The molecule has 1 N–H and O–H groups in total. The van der Waals surface area contributed by atoms with Crippen LogP contribution in [-0.4, -0.2) is 59.2 Å². The van der Waals surface area contributed by atoms with Crippen LogP contribution >= 0.6 is 0 Å². The Morgan fingerprint density at radius 2 is 2.09 bits per heavy atom. The number of sulfone groups is 1. The molecule has 9 nitrogen and oxygen atoms in total. The molecule has 3 rings (SSSR count). The van der Waals surface area contributed by atoms with Gasteiger partial charge in [0.2, 0.25) is 0 Å². The molecule has 0 radical (unpaired) electrons. The molecule has 122 valence electrons. The summed E-state index contributed by atoms with van der Waals surface area (Å²) < 4.78 is 27.8. The number of amides is 1. The zero-order chi connectivity index (χ0) is 16.4. The Kier molecular flexibility index (Phi) is 3.99. The lowest BCUT2D eigenvalue weighted by atomic mass is 10.2. The SMILES string of the molecule is COc1ccc(-n2nnc(C(=O)NC3CCS(=O)(=O)C3)n2)cc1. The Morgan fingerprint density at radius 1 is 1.35 bits per heavy atom. The molecular formula is C13H15N5O4S. The minimum absolute atomic E-state index is 0.0502. The van der Waals surface area contributed by atoms with E-state index in [0.29, 0.717) is 17.9 Å². The van der Waals surface area contributed by atoms with Gasteiger partial charge in [-0.25, -0.2) is 8.42 Å². The van der Waals surface area contributed by atoms with Gasteiger partial charge in [-0.3, -0.25) is 4.79 Å². The second-order valence-corrected chi connectivity index (χ2v) is 7.40. The van der Waals surface area contributed by atoms with E-state index >= 15 is 0 Å². The molecule has 1 fully saturated rings. The third-order valence-electron chi connectivity index (χ3n) is 3.49. The van der Waals surface area contributed by atoms with Gasteiger partial charge in [0, 0.05) is 6.04 Å². The van der Waals surface area contributed by atoms with Crippen LogP contribution in [0.25, 0.3) is 5.69 Å². The van der Waals surface area contributed by atoms with E-state index in [4.69, 9.17) is 4.74 Å². The Labute approximate surface area is 132 Å². The van der Waals surface area contributed by atoms with E-state index < -0.39 is 21.8 Å². The maximum Gasteiger partial charge on any atom is 0.293 e. The summed E-state index contributed by atoms with van der Waals surface area (Å²) in [4.78, 5) is 13.3. The van der Waals surface area contributed by atoms with Crippen LogP contribution in [0, 0.1) is 0 Å². The summed E-state index contributed by atoms with van der Waals surface area (Å²) in [6.45, 7) is 0. The predicted molar refractivity (Wildman–Crippen MR) is 80.2 cm³/mol. The normalized spacial score (nSPS) is 19.4. The Bertz CT molecular complexity index is 815. The Hall–Kier alpha value is -2.49. The fourth-order valence-corrected chi connectivity index (χ4v) is 3.96. The number of methoxy groups -OCH3 is 1. The summed E-state index contributed by atoms with van der Waals surface area (Å²) in [5.74, 6) is 0.0844. The number of nitrogens with one attached hydrogen (secondary N) is 1. The van der Waals surface area contributed by atoms with Gasteiger partial charge in [0.25, 0.3) is 11.7 Å². The standard InChI is InChI=1S/C13H15N5O4S/c1-22-11-4-2-10(3-5-11)18-16-12(15-17-18)13(19)14-9-6-7-23(20,21)8-9/h2-5,9H,6-8H2,1H3,(H,14,19). The van der Waals surface area contributed by atoms with Crippen LogP contribution in [0.5, 0.6) is 5.75 Å². The zero-order valence-electron chi connectivity index (χ0n) is 12.3. The van der Waals surface area contributed by atoms with Gasteiger partial charge in [-0.1, -0.05) is 0 Å². The molecule has 2 aromatic rings. The third kappa shape index (κ3) is 3.47. The quantitative estimate of drug-likeness (QED) is 0.806. The maximum absolute atomic E-state index is 12.1. The highest BCUT2D eigenvalue weighted by Crippen LogP contribution is 2.14. The van der Waals surface area contributed by atoms with Crippen LogP contribution in [0.1, 0.15) is 17.0 Å². The summed E-state index contributed by atoms with van der Waals surface area (Å²) in [6.07, 6.45) is 0.403. The first kappa shape index (κ1) is 15.4. The van der Waals surface area contributed by atoms with E-state index in [-0.39, 0.29) is 17.3 Å². The molecule has 23 heavy (non-hydrogen) atoms. The lowest BCUT2D eigenvalue weighted by molar-refractivity contribution is 0.0930. The third-order valence-corrected chi connectivity index (χ3v) is 5.26. The van der Waals surface area contributed by atoms with Crippen molar-refractivity contribution >= 4 is 15.7 Å². The highest BCUT2D eigenvalue weighted by molar-refractivity contribution is 7.91. The molecule has 1 aliphatic rings. The van der Waals surface area contributed by atoms with Gasteiger partial charge < -0.3 is 10.1 Å². The minimum Gasteiger partial charge on any atom is -0.497 e. The van der Waals surface area contributed by atoms with Gasteiger partial charge in [-0.2, -0.15) is 0 Å². The van der Waals surface area contributed by atoms with E-state index in [0.717, 1.165) is 0 Å². The molecule has 0 aliphatic carbocycles. The van der Waals surface area contributed by atoms with Gasteiger partial charge in [0.15, 0.2) is 9.84 Å². The average molecular weight is 337 g/mol. The summed E-state index contributed by atoms with van der Waals surface area (Å²) in [5.41, 5.74) is 0.626. The van der Waals surface area contributed by atoms with Crippen molar-refractivity contribution in [1.82, 2.24) is 25.5 Å². The van der Waals surface area contributed by atoms with Crippen LogP contribution in [0.3, 0.4) is 0 Å². The van der Waals surface area contributed by atoms with Crippen molar-refractivity contribution in [2.45, 2.75) is 12.5 Å². The van der Waals surface area contributed by atoms with Crippen molar-refractivity contribution in [3.8, 4) is 11.4 Å². The number of ether oxygens (including phenoxy) is 1. The lowest BCUT2D eigenvalue weighted by Gasteiger charge is -2.07. The van der Waals surface area contributed by atoms with E-state index in [1.165, 1.54) is 4.80 Å². The number of benzene rings is 1. The molecule has 1 aliphatic heterocycles. The minimum atomic E-state index is -3.06. The number of tetrazole rings is 1. The van der Waals surface area contributed by atoms with Crippen LogP contribution in [0.4, 0.5) is 0 Å². The predicted octanol–water partition coefficient (Wildman–Crippen LogP) is -0.412. The first-order valence-electron chi connectivity index (χ1n) is 6.92. The van der Waals surface area contributed by atoms with E-state index in [1.54, 1.807) is 31.4 Å². The fourth-order valence-electron chi connectivity index (χ4n) is 2.29. The summed E-state index contributed by atoms with van der Waals surface area (Å²) >= 11 is 0. The molecule has 2 heterocycles.